The van der Waals surface area contributed by atoms with Crippen molar-refractivity contribution in [2.24, 2.45) is 0 Å². The molecular weight excluding hydrogens is 256 g/mol. The Labute approximate surface area is 106 Å². The number of benzene rings is 1. The molecular formula is C12H7ClN2O3. The third kappa shape index (κ3) is 1.31. The number of ketones is 1. The maximum absolute atomic E-state index is 11.8. The largest absolute Gasteiger partial charge is 0.340 e. The molecule has 1 aromatic heterocycles. The molecule has 0 unspecified atom stereocenters. The molecule has 0 saturated carbocycles. The van der Waals surface area contributed by atoms with E-state index in [1.807, 2.05) is 0 Å². The second-order valence-electron chi connectivity index (χ2n) is 3.96. The molecule has 0 spiro atoms. The first-order chi connectivity index (χ1) is 8.63. The van der Waals surface area contributed by atoms with E-state index in [4.69, 9.17) is 11.6 Å². The smallest absolute Gasteiger partial charge is 0.296 e. The lowest BCUT2D eigenvalue weighted by Gasteiger charge is -2.13. The molecule has 1 N–H and O–H groups in total. The highest BCUT2D eigenvalue weighted by Gasteiger charge is 2.30. The molecule has 0 fully saturated rings. The molecule has 0 radical (unpaired) electrons. The summed E-state index contributed by atoms with van der Waals surface area (Å²) in [5, 5.41) is 3.44. The average Bonchev–Trinajstić information content (AvgIpc) is 2.70. The Kier molecular flexibility index (Phi) is 2.24. The van der Waals surface area contributed by atoms with Gasteiger partial charge in [-0.25, -0.2) is 0 Å². The van der Waals surface area contributed by atoms with Gasteiger partial charge in [0.15, 0.2) is 0 Å². The highest BCUT2D eigenvalue weighted by molar-refractivity contribution is 6.53. The number of carbonyl (C=O) groups excluding carboxylic acids is 3. The molecule has 0 bridgehead atoms. The molecule has 2 heterocycles. The highest BCUT2D eigenvalue weighted by atomic mass is 35.5. The van der Waals surface area contributed by atoms with E-state index >= 15 is 0 Å². The number of nitrogens with zero attached hydrogens (tertiary/aromatic N) is 1. The Bertz CT molecular complexity index is 718. The van der Waals surface area contributed by atoms with Crippen molar-refractivity contribution in [3.63, 3.8) is 0 Å². The van der Waals surface area contributed by atoms with Crippen LogP contribution in [0.4, 0.5) is 5.69 Å². The number of nitrogens with one attached hydrogen (secondary N) is 1. The van der Waals surface area contributed by atoms with Gasteiger partial charge in [-0.15, -0.1) is 0 Å². The maximum atomic E-state index is 11.8. The summed E-state index contributed by atoms with van der Waals surface area (Å²) in [6.07, 6.45) is 2.25. The van der Waals surface area contributed by atoms with E-state index in [0.717, 1.165) is 6.29 Å². The van der Waals surface area contributed by atoms with E-state index in [9.17, 15) is 14.4 Å². The lowest BCUT2D eigenvalue weighted by Crippen LogP contribution is -2.26. The fourth-order valence-electron chi connectivity index (χ4n) is 2.19. The molecule has 0 aliphatic carbocycles. The molecule has 18 heavy (non-hydrogen) atoms. The van der Waals surface area contributed by atoms with Crippen molar-refractivity contribution in [2.75, 3.05) is 5.32 Å². The van der Waals surface area contributed by atoms with Gasteiger partial charge in [0, 0.05) is 11.6 Å². The number of carbonyl (C=O) groups is 3. The summed E-state index contributed by atoms with van der Waals surface area (Å²) < 4.78 is 1.62. The van der Waals surface area contributed by atoms with Crippen LogP contribution in [0.25, 0.3) is 10.9 Å². The highest BCUT2D eigenvalue weighted by Crippen LogP contribution is 2.37. The summed E-state index contributed by atoms with van der Waals surface area (Å²) in [6, 6.07) is 3.35. The van der Waals surface area contributed by atoms with Gasteiger partial charge in [-0.05, 0) is 12.1 Å². The van der Waals surface area contributed by atoms with E-state index < -0.39 is 11.7 Å². The van der Waals surface area contributed by atoms with Crippen molar-refractivity contribution in [3.05, 3.63) is 28.9 Å². The van der Waals surface area contributed by atoms with Crippen molar-refractivity contribution in [2.45, 2.75) is 6.54 Å². The molecule has 2 aromatic rings. The Morgan fingerprint density at radius 3 is 2.83 bits per heavy atom. The third-order valence-corrected chi connectivity index (χ3v) is 3.27. The van der Waals surface area contributed by atoms with Crippen LogP contribution >= 0.6 is 11.6 Å². The maximum Gasteiger partial charge on any atom is 0.296 e. The summed E-state index contributed by atoms with van der Waals surface area (Å²) >= 11 is 6.00. The number of rotatable bonds is 2. The molecule has 90 valence electrons. The van der Waals surface area contributed by atoms with Crippen molar-refractivity contribution in [1.82, 2.24) is 4.57 Å². The van der Waals surface area contributed by atoms with Gasteiger partial charge in [-0.3, -0.25) is 9.59 Å². The topological polar surface area (TPSA) is 68.2 Å². The number of halogens is 1. The summed E-state index contributed by atoms with van der Waals surface area (Å²) in [5.74, 6) is -1.32. The van der Waals surface area contributed by atoms with Crippen LogP contribution in [0.2, 0.25) is 5.02 Å². The predicted molar refractivity (Wildman–Crippen MR) is 66.0 cm³/mol. The first kappa shape index (κ1) is 11.0. The van der Waals surface area contributed by atoms with Gasteiger partial charge in [-0.1, -0.05) is 11.6 Å². The molecule has 1 aliphatic rings. The van der Waals surface area contributed by atoms with Crippen LogP contribution < -0.4 is 5.32 Å². The SMILES string of the molecule is O=CCn1cc2c3c(c(Cl)ccc31)NC(=O)C2=O. The number of aldehydes is 1. The Morgan fingerprint density at radius 2 is 2.11 bits per heavy atom. The van der Waals surface area contributed by atoms with Crippen molar-refractivity contribution in [1.29, 1.82) is 0 Å². The molecule has 5 nitrogen and oxygen atoms in total. The zero-order valence-electron chi connectivity index (χ0n) is 9.07. The van der Waals surface area contributed by atoms with Crippen LogP contribution in [-0.4, -0.2) is 22.5 Å². The third-order valence-electron chi connectivity index (χ3n) is 2.96. The summed E-state index contributed by atoms with van der Waals surface area (Å²) in [4.78, 5) is 33.9. The van der Waals surface area contributed by atoms with Gasteiger partial charge in [0.25, 0.3) is 11.7 Å². The minimum atomic E-state index is -0.708. The van der Waals surface area contributed by atoms with Gasteiger partial charge in [-0.2, -0.15) is 0 Å². The quantitative estimate of drug-likeness (QED) is 0.661. The van der Waals surface area contributed by atoms with Gasteiger partial charge in [0.2, 0.25) is 0 Å². The predicted octanol–water partition coefficient (Wildman–Crippen LogP) is 1.63. The van der Waals surface area contributed by atoms with Crippen LogP contribution in [0.1, 0.15) is 10.4 Å². The molecule has 0 atom stereocenters. The first-order valence-corrected chi connectivity index (χ1v) is 5.62. The van der Waals surface area contributed by atoms with E-state index in [1.165, 1.54) is 6.20 Å². The second-order valence-corrected chi connectivity index (χ2v) is 4.37. The van der Waals surface area contributed by atoms with E-state index in [0.29, 0.717) is 21.6 Å². The fourth-order valence-corrected chi connectivity index (χ4v) is 2.39. The molecule has 6 heteroatoms. The number of Topliss-reactive ketones (excluding diaryl/α,β-unsaturated/α-hetero) is 1. The van der Waals surface area contributed by atoms with Crippen molar-refractivity contribution >= 4 is 46.2 Å². The minimum absolute atomic E-state index is 0.124. The van der Waals surface area contributed by atoms with Gasteiger partial charge < -0.3 is 14.7 Å². The van der Waals surface area contributed by atoms with Crippen molar-refractivity contribution < 1.29 is 14.4 Å². The van der Waals surface area contributed by atoms with Gasteiger partial charge in [0.1, 0.15) is 6.29 Å². The van der Waals surface area contributed by atoms with Crippen molar-refractivity contribution in [3.8, 4) is 0 Å². The van der Waals surface area contributed by atoms with Gasteiger partial charge in [0.05, 0.1) is 28.3 Å². The lowest BCUT2D eigenvalue weighted by atomic mass is 10.0. The number of anilines is 1. The number of amides is 1. The van der Waals surface area contributed by atoms with Crippen LogP contribution in [0.15, 0.2) is 18.3 Å². The molecule has 0 saturated heterocycles. The van der Waals surface area contributed by atoms with E-state index in [-0.39, 0.29) is 12.1 Å². The average molecular weight is 263 g/mol. The fraction of sp³-hybridized carbons (Fsp3) is 0.0833. The number of aromatic nitrogens is 1. The number of hydrogen-bond acceptors (Lipinski definition) is 3. The van der Waals surface area contributed by atoms with Crippen LogP contribution in [0.5, 0.6) is 0 Å². The molecule has 1 aliphatic heterocycles. The van der Waals surface area contributed by atoms with Crippen LogP contribution in [0, 0.1) is 0 Å². The standard InChI is InChI=1S/C12H7ClN2O3/c13-7-1-2-8-9-6(5-15(8)3-4-16)11(17)12(18)14-10(7)9/h1-2,4-5H,3H2,(H,14,18). The van der Waals surface area contributed by atoms with E-state index in [2.05, 4.69) is 5.32 Å². The number of hydrogen-bond donors (Lipinski definition) is 1. The summed E-state index contributed by atoms with van der Waals surface area (Å²) in [6.45, 7) is 0.124. The molecule has 3 rings (SSSR count). The molecule has 1 aromatic carbocycles. The normalized spacial score (nSPS) is 13.8. The monoisotopic (exact) mass is 262 g/mol. The lowest BCUT2D eigenvalue weighted by molar-refractivity contribution is -0.112. The Morgan fingerprint density at radius 1 is 1.33 bits per heavy atom. The Hall–Kier alpha value is -2.14. The van der Waals surface area contributed by atoms with E-state index in [1.54, 1.807) is 16.7 Å². The summed E-state index contributed by atoms with van der Waals surface area (Å²) in [7, 11) is 0. The Balaban J connectivity index is 2.43. The molecule has 1 amide bonds. The van der Waals surface area contributed by atoms with Crippen LogP contribution in [-0.2, 0) is 16.1 Å². The zero-order valence-corrected chi connectivity index (χ0v) is 9.82. The zero-order chi connectivity index (χ0) is 12.9. The van der Waals surface area contributed by atoms with Crippen LogP contribution in [0.3, 0.4) is 0 Å². The van der Waals surface area contributed by atoms with Gasteiger partial charge >= 0.3 is 0 Å². The minimum Gasteiger partial charge on any atom is -0.340 e. The summed E-state index contributed by atoms with van der Waals surface area (Å²) in [5.41, 5.74) is 1.41. The second kappa shape index (κ2) is 3.68. The first-order valence-electron chi connectivity index (χ1n) is 5.24.